The predicted molar refractivity (Wildman–Crippen MR) is 275 cm³/mol. The number of fused-ring (bicyclic) bond motifs is 7. The van der Waals surface area contributed by atoms with Gasteiger partial charge in [-0.05, 0) is 174 Å². The third-order valence-corrected chi connectivity index (χ3v) is 18.5. The zero-order valence-electron chi connectivity index (χ0n) is 44.6. The summed E-state index contributed by atoms with van der Waals surface area (Å²) in [7, 11) is 0. The molecule has 0 bridgehead atoms. The molecule has 390 valence electrons. The molecule has 1 spiro atoms. The van der Waals surface area contributed by atoms with Crippen molar-refractivity contribution in [2.75, 3.05) is 0 Å². The number of phenols is 1. The van der Waals surface area contributed by atoms with E-state index in [1.165, 1.54) is 43.4 Å². The van der Waals surface area contributed by atoms with Gasteiger partial charge in [-0.15, -0.1) is 0 Å². The van der Waals surface area contributed by atoms with Crippen LogP contribution in [0.2, 0.25) is 0 Å². The monoisotopic (exact) mass is 991 g/mol. The first-order chi connectivity index (χ1) is 33.8. The van der Waals surface area contributed by atoms with E-state index >= 15 is 0 Å². The molecule has 3 saturated carbocycles. The molecule has 8 aliphatic rings. The van der Waals surface area contributed by atoms with Gasteiger partial charge in [-0.25, -0.2) is 9.59 Å². The number of Topliss-reactive ketones (excluding diaryl/α,β-unsaturated/α-hetero) is 1. The molecule has 1 aromatic rings. The highest BCUT2D eigenvalue weighted by atomic mass is 16.6. The van der Waals surface area contributed by atoms with E-state index in [1.54, 1.807) is 26.0 Å². The van der Waals surface area contributed by atoms with Gasteiger partial charge in [-0.1, -0.05) is 61.8 Å². The minimum atomic E-state index is -2.16. The van der Waals surface area contributed by atoms with E-state index in [1.807, 2.05) is 59.8 Å². The van der Waals surface area contributed by atoms with E-state index < -0.39 is 46.0 Å². The predicted octanol–water partition coefficient (Wildman–Crippen LogP) is 12.4. The zero-order chi connectivity index (χ0) is 52.5. The Bertz CT molecular complexity index is 2630. The van der Waals surface area contributed by atoms with Crippen LogP contribution in [0.15, 0.2) is 64.3 Å². The maximum absolute atomic E-state index is 14.7. The molecular weight excluding hydrogens is 913 g/mol. The standard InChI is InChI=1S/C38H46O9.C22H32O3/c1-21(2)11-10-18-36(8)19-17-24-29(39)28-30(40)26-12-9-13-27-35(6,7)47-37(34(43)44,20-16-23(5)33(41)42)38(26,27)46-32(28)25(31(24)45-36)15-14-22(3)4;1-4-20(24)25-19-8-7-17-16-6-5-14-13-15(23)9-11-21(14,2)18(16)10-12-22(17,19)3/h11-12,14,16-17,19,27,39H,9-10,13,15,18,20H2,1-8H3,(H,41,42)(H,43,44);13,16-19H,4-12H2,1-3H3. The Hall–Kier alpha value is -5.23. The van der Waals surface area contributed by atoms with Crippen LogP contribution in [0.4, 0.5) is 0 Å². The van der Waals surface area contributed by atoms with Crippen LogP contribution in [-0.2, 0) is 35.1 Å². The maximum atomic E-state index is 14.7. The summed E-state index contributed by atoms with van der Waals surface area (Å²) in [6, 6.07) is 0. The Morgan fingerprint density at radius 3 is 2.24 bits per heavy atom. The van der Waals surface area contributed by atoms with Crippen molar-refractivity contribution in [3.63, 3.8) is 0 Å². The minimum Gasteiger partial charge on any atom is -0.506 e. The van der Waals surface area contributed by atoms with Gasteiger partial charge in [0.25, 0.3) is 0 Å². The van der Waals surface area contributed by atoms with Crippen LogP contribution in [0.3, 0.4) is 0 Å². The third-order valence-electron chi connectivity index (χ3n) is 18.5. The topological polar surface area (TPSA) is 183 Å². The van der Waals surface area contributed by atoms with Crippen LogP contribution in [0.1, 0.15) is 188 Å². The Morgan fingerprint density at radius 1 is 0.847 bits per heavy atom. The first kappa shape index (κ1) is 53.1. The number of rotatable bonds is 11. The van der Waals surface area contributed by atoms with Gasteiger partial charge in [-0.3, -0.25) is 14.4 Å². The Kier molecular flexibility index (Phi) is 14.2. The van der Waals surface area contributed by atoms with E-state index in [4.69, 9.17) is 18.9 Å². The van der Waals surface area contributed by atoms with Gasteiger partial charge in [-0.2, -0.15) is 0 Å². The lowest BCUT2D eigenvalue weighted by molar-refractivity contribution is -0.184. The number of benzene rings is 1. The lowest BCUT2D eigenvalue weighted by Gasteiger charge is -2.57. The lowest BCUT2D eigenvalue weighted by Crippen LogP contribution is -2.66. The van der Waals surface area contributed by atoms with Crippen molar-refractivity contribution in [1.29, 1.82) is 0 Å². The van der Waals surface area contributed by atoms with Crippen LogP contribution >= 0.6 is 0 Å². The molecule has 3 aliphatic heterocycles. The molecule has 1 aromatic carbocycles. The van der Waals surface area contributed by atoms with E-state index in [2.05, 4.69) is 19.9 Å². The number of carbonyl (C=O) groups is 5. The quantitative estimate of drug-likeness (QED) is 0.109. The summed E-state index contributed by atoms with van der Waals surface area (Å²) < 4.78 is 26.1. The van der Waals surface area contributed by atoms with Crippen LogP contribution in [0, 0.1) is 34.5 Å². The second-order valence-electron chi connectivity index (χ2n) is 23.9. The first-order valence-corrected chi connectivity index (χ1v) is 26.6. The second-order valence-corrected chi connectivity index (χ2v) is 23.9. The van der Waals surface area contributed by atoms with Gasteiger partial charge in [0.2, 0.25) is 5.60 Å². The number of aliphatic carboxylic acids is 2. The summed E-state index contributed by atoms with van der Waals surface area (Å²) in [4.78, 5) is 63.8. The summed E-state index contributed by atoms with van der Waals surface area (Å²) in [5, 5.41) is 32.4. The molecule has 3 N–H and O–H groups in total. The number of ketones is 2. The fraction of sp³-hybridized carbons (Fsp3) is 0.617. The molecule has 1 saturated heterocycles. The molecule has 10 unspecified atom stereocenters. The summed E-state index contributed by atoms with van der Waals surface area (Å²) in [5.41, 5.74) is -0.844. The van der Waals surface area contributed by atoms with Gasteiger partial charge >= 0.3 is 17.9 Å². The number of carbonyl (C=O) groups excluding carboxylic acids is 3. The first-order valence-electron chi connectivity index (χ1n) is 26.6. The van der Waals surface area contributed by atoms with Crippen molar-refractivity contribution >= 4 is 35.6 Å². The number of ether oxygens (including phenoxy) is 4. The summed E-state index contributed by atoms with van der Waals surface area (Å²) in [5.74, 6) is -1.12. The van der Waals surface area contributed by atoms with Gasteiger partial charge in [0.15, 0.2) is 17.2 Å². The lowest BCUT2D eigenvalue weighted by atomic mass is 9.47. The van der Waals surface area contributed by atoms with Crippen molar-refractivity contribution < 1.29 is 58.2 Å². The molecule has 12 heteroatoms. The number of aromatic hydroxyl groups is 1. The van der Waals surface area contributed by atoms with E-state index in [0.717, 1.165) is 50.0 Å². The molecule has 3 heterocycles. The molecule has 0 radical (unpaired) electrons. The Balaban J connectivity index is 0.000000231. The van der Waals surface area contributed by atoms with Crippen molar-refractivity contribution in [1.82, 2.24) is 0 Å². The Labute approximate surface area is 426 Å². The van der Waals surface area contributed by atoms with Crippen molar-refractivity contribution in [3.05, 3.63) is 81.0 Å². The highest BCUT2D eigenvalue weighted by Crippen LogP contribution is 2.67. The van der Waals surface area contributed by atoms with Crippen LogP contribution in [-0.4, -0.2) is 73.3 Å². The van der Waals surface area contributed by atoms with Gasteiger partial charge in [0.05, 0.1) is 11.2 Å². The van der Waals surface area contributed by atoms with E-state index in [9.17, 15) is 39.3 Å². The number of carboxylic acid groups (broad SMARTS) is 2. The molecule has 12 nitrogen and oxygen atoms in total. The zero-order valence-corrected chi connectivity index (χ0v) is 44.6. The summed E-state index contributed by atoms with van der Waals surface area (Å²) >= 11 is 0. The normalized spacial score (nSPS) is 34.5. The molecule has 4 fully saturated rings. The van der Waals surface area contributed by atoms with Crippen LogP contribution in [0.25, 0.3) is 6.08 Å². The van der Waals surface area contributed by atoms with Crippen LogP contribution in [0.5, 0.6) is 17.2 Å². The second kappa shape index (κ2) is 19.2. The number of esters is 1. The smallest absolute Gasteiger partial charge is 0.340 e. The Morgan fingerprint density at radius 2 is 1.57 bits per heavy atom. The van der Waals surface area contributed by atoms with Crippen LogP contribution < -0.4 is 9.47 Å². The number of carboxylic acids is 2. The molecule has 72 heavy (non-hydrogen) atoms. The van der Waals surface area contributed by atoms with E-state index in [-0.39, 0.29) is 57.5 Å². The average Bonchev–Trinajstić information content (AvgIpc) is 3.75. The maximum Gasteiger partial charge on any atom is 0.340 e. The van der Waals surface area contributed by atoms with E-state index in [0.29, 0.717) is 66.6 Å². The fourth-order valence-corrected chi connectivity index (χ4v) is 14.6. The molecule has 5 aliphatic carbocycles. The van der Waals surface area contributed by atoms with Gasteiger partial charge in [0, 0.05) is 47.3 Å². The average molecular weight is 991 g/mol. The largest absolute Gasteiger partial charge is 0.506 e. The highest BCUT2D eigenvalue weighted by Gasteiger charge is 2.77. The third kappa shape index (κ3) is 8.72. The number of phenolic OH excluding ortho intramolecular Hbond substituents is 1. The SMILES string of the molecule is CC(C)=CCCC1(C)C=Cc2c(O)c3c(c(CC=C(C)C)c2O1)OC12C(=CCCC1C(C)(C)OC2(CC=C(C)C(=O)O)C(=O)O)C3=O.CCC(=O)OC1CCC2C3CCC4=CC(=O)CCC4(C)C3CCC12C. The molecule has 0 amide bonds. The van der Waals surface area contributed by atoms with Crippen molar-refractivity contribution in [2.45, 2.75) is 201 Å². The minimum absolute atomic E-state index is 0.0407. The summed E-state index contributed by atoms with van der Waals surface area (Å²) in [6.07, 6.45) is 24.4. The highest BCUT2D eigenvalue weighted by molar-refractivity contribution is 6.17. The fourth-order valence-electron chi connectivity index (χ4n) is 14.6. The molecule has 10 atom stereocenters. The number of hydrogen-bond donors (Lipinski definition) is 3. The summed E-state index contributed by atoms with van der Waals surface area (Å²) in [6.45, 7) is 21.6. The molecular formula is C60H78O12. The number of allylic oxidation sites excluding steroid dienone is 6. The van der Waals surface area contributed by atoms with Crippen molar-refractivity contribution in [3.8, 4) is 17.2 Å². The van der Waals surface area contributed by atoms with Crippen molar-refractivity contribution in [2.24, 2.45) is 34.5 Å². The molecule has 0 aromatic heterocycles. The van der Waals surface area contributed by atoms with Gasteiger partial charge in [0.1, 0.15) is 34.5 Å². The number of hydrogen-bond acceptors (Lipinski definition) is 10. The van der Waals surface area contributed by atoms with Gasteiger partial charge < -0.3 is 34.3 Å². The molecule has 9 rings (SSSR count).